The zero-order valence-corrected chi connectivity index (χ0v) is 11.0. The topological polar surface area (TPSA) is 46.6 Å². The van der Waals surface area contributed by atoms with Crippen molar-refractivity contribution in [3.63, 3.8) is 0 Å². The van der Waals surface area contributed by atoms with Crippen molar-refractivity contribution in [2.75, 3.05) is 6.79 Å². The Morgan fingerprint density at radius 3 is 2.27 bits per heavy atom. The molecule has 3 rings (SSSR count). The second-order valence-corrected chi connectivity index (χ2v) is 4.18. The van der Waals surface area contributed by atoms with Gasteiger partial charge in [-0.1, -0.05) is 18.2 Å². The van der Waals surface area contributed by atoms with Crippen LogP contribution in [0.15, 0.2) is 42.5 Å². The van der Waals surface area contributed by atoms with Crippen LogP contribution in [-0.2, 0) is 0 Å². The van der Waals surface area contributed by atoms with E-state index in [9.17, 15) is 17.3 Å². The average molecular weight is 312 g/mol. The summed E-state index contributed by atoms with van der Waals surface area (Å²) in [6.45, 7) is 0.255. The van der Waals surface area contributed by atoms with Crippen LogP contribution in [0.4, 0.5) is 23.0 Å². The van der Waals surface area contributed by atoms with Crippen molar-refractivity contribution in [3.05, 3.63) is 47.4 Å². The third kappa shape index (κ3) is 4.12. The fourth-order valence-corrected chi connectivity index (χ4v) is 1.87. The third-order valence-electron chi connectivity index (χ3n) is 2.70. The first-order chi connectivity index (χ1) is 10.4. The van der Waals surface area contributed by atoms with E-state index in [4.69, 9.17) is 14.9 Å². The van der Waals surface area contributed by atoms with Gasteiger partial charge < -0.3 is 26.7 Å². The number of hydrogen-bond acceptors (Lipinski definition) is 3. The minimum atomic E-state index is -6.00. The lowest BCUT2D eigenvalue weighted by molar-refractivity contribution is 0.174. The Morgan fingerprint density at radius 2 is 1.59 bits per heavy atom. The maximum Gasteiger partial charge on any atom is 0.673 e. The van der Waals surface area contributed by atoms with E-state index in [1.807, 2.05) is 36.4 Å². The number of diazo groups is 1. The number of halogens is 4. The highest BCUT2D eigenvalue weighted by atomic mass is 19.5. The number of hydrogen-bond donors (Lipinski definition) is 0. The van der Waals surface area contributed by atoms with Gasteiger partial charge in [0.15, 0.2) is 16.5 Å². The summed E-state index contributed by atoms with van der Waals surface area (Å²) in [6.07, 6.45) is 0. The largest absolute Gasteiger partial charge is 0.673 e. The Morgan fingerprint density at radius 1 is 0.955 bits per heavy atom. The molecule has 1 aliphatic rings. The normalized spacial score (nSPS) is 12.1. The van der Waals surface area contributed by atoms with Gasteiger partial charge in [-0.15, -0.1) is 0 Å². The molecule has 114 valence electrons. The summed E-state index contributed by atoms with van der Waals surface area (Å²) in [5, 5.41) is 8.94. The Labute approximate surface area is 123 Å². The molecule has 0 spiro atoms. The van der Waals surface area contributed by atoms with Crippen molar-refractivity contribution in [1.82, 2.24) is 0 Å². The summed E-state index contributed by atoms with van der Waals surface area (Å²) in [4.78, 5) is 3.27. The first-order valence-electron chi connectivity index (χ1n) is 6.10. The van der Waals surface area contributed by atoms with Crippen LogP contribution >= 0.6 is 0 Å². The molecule has 0 N–H and O–H groups in total. The molecule has 2 aromatic rings. The van der Waals surface area contributed by atoms with Crippen molar-refractivity contribution in [3.8, 4) is 22.6 Å². The molecule has 0 saturated heterocycles. The lowest BCUT2D eigenvalue weighted by Crippen LogP contribution is -2.02. The van der Waals surface area contributed by atoms with E-state index < -0.39 is 7.25 Å². The predicted molar refractivity (Wildman–Crippen MR) is 72.9 cm³/mol. The Kier molecular flexibility index (Phi) is 4.51. The van der Waals surface area contributed by atoms with Gasteiger partial charge in [-0.25, -0.2) is 0 Å². The summed E-state index contributed by atoms with van der Waals surface area (Å²) in [5.74, 6) is 1.46. The Balaban J connectivity index is 0.000000309. The second kappa shape index (κ2) is 6.34. The zero-order valence-electron chi connectivity index (χ0n) is 11.0. The first kappa shape index (κ1) is 15.6. The van der Waals surface area contributed by atoms with Crippen molar-refractivity contribution >= 4 is 12.9 Å². The quantitative estimate of drug-likeness (QED) is 0.429. The van der Waals surface area contributed by atoms with Crippen LogP contribution in [0, 0.1) is 5.39 Å². The van der Waals surface area contributed by atoms with E-state index in [1.165, 1.54) is 0 Å². The standard InChI is InChI=1S/C13H9N2O2.BF4/c14-15-11-4-2-1-3-10(11)9-5-6-12-13(7-9)17-8-16-12;2-1(3,4)5/h1-7H,8H2;/q+1;-1. The maximum absolute atomic E-state index is 9.75. The van der Waals surface area contributed by atoms with Gasteiger partial charge in [-0.05, 0) is 23.8 Å². The number of nitrogens with zero attached hydrogens (tertiary/aromatic N) is 2. The van der Waals surface area contributed by atoms with E-state index >= 15 is 0 Å². The molecule has 0 bridgehead atoms. The van der Waals surface area contributed by atoms with Gasteiger partial charge in [-0.2, -0.15) is 0 Å². The molecular weight excluding hydrogens is 303 g/mol. The van der Waals surface area contributed by atoms with Crippen molar-refractivity contribution in [1.29, 1.82) is 5.39 Å². The molecule has 0 radical (unpaired) electrons. The van der Waals surface area contributed by atoms with Crippen LogP contribution in [0.1, 0.15) is 0 Å². The number of fused-ring (bicyclic) bond motifs is 1. The van der Waals surface area contributed by atoms with E-state index in [-0.39, 0.29) is 6.79 Å². The lowest BCUT2D eigenvalue weighted by Gasteiger charge is -2.00. The van der Waals surface area contributed by atoms with E-state index in [0.29, 0.717) is 5.69 Å². The lowest BCUT2D eigenvalue weighted by atomic mass is 10.0. The predicted octanol–water partition coefficient (Wildman–Crippen LogP) is 4.87. The van der Waals surface area contributed by atoms with Crippen LogP contribution < -0.4 is 9.47 Å². The first-order valence-corrected chi connectivity index (χ1v) is 6.10. The zero-order chi connectivity index (χ0) is 16.2. The average Bonchev–Trinajstić information content (AvgIpc) is 2.92. The molecular formula is C13H9BF4N2O2. The Bertz CT molecular complexity index is 710. The smallest absolute Gasteiger partial charge is 0.454 e. The van der Waals surface area contributed by atoms with Gasteiger partial charge in [0.25, 0.3) is 0 Å². The Hall–Kier alpha value is -2.76. The summed E-state index contributed by atoms with van der Waals surface area (Å²) in [5.41, 5.74) is 2.32. The van der Waals surface area contributed by atoms with Gasteiger partial charge in [0, 0.05) is 6.07 Å². The van der Waals surface area contributed by atoms with Crippen molar-refractivity contribution in [2.24, 2.45) is 0 Å². The highest BCUT2D eigenvalue weighted by molar-refractivity contribution is 6.50. The molecule has 1 heterocycles. The summed E-state index contributed by atoms with van der Waals surface area (Å²) < 4.78 is 49.6. The number of rotatable bonds is 1. The minimum absolute atomic E-state index is 0.255. The molecule has 4 nitrogen and oxygen atoms in total. The summed E-state index contributed by atoms with van der Waals surface area (Å²) in [6, 6.07) is 13.0. The number of benzene rings is 2. The monoisotopic (exact) mass is 312 g/mol. The molecule has 9 heteroatoms. The molecule has 0 unspecified atom stereocenters. The van der Waals surface area contributed by atoms with Crippen LogP contribution in [0.25, 0.3) is 16.1 Å². The minimum Gasteiger partial charge on any atom is -0.454 e. The fraction of sp³-hybridized carbons (Fsp3) is 0.0769. The molecule has 0 atom stereocenters. The van der Waals surface area contributed by atoms with Gasteiger partial charge in [0.1, 0.15) is 0 Å². The summed E-state index contributed by atoms with van der Waals surface area (Å²) >= 11 is 0. The van der Waals surface area contributed by atoms with Gasteiger partial charge >= 0.3 is 12.9 Å². The maximum atomic E-state index is 9.75. The molecule has 0 fully saturated rings. The molecule has 2 aromatic carbocycles. The SMILES string of the molecule is F[B-](F)(F)F.N#[N+]c1ccccc1-c1ccc2c(c1)OCO2. The molecule has 22 heavy (non-hydrogen) atoms. The molecule has 0 amide bonds. The molecule has 0 aliphatic carbocycles. The molecule has 1 aliphatic heterocycles. The molecule has 0 saturated carbocycles. The van der Waals surface area contributed by atoms with E-state index in [0.717, 1.165) is 22.6 Å². The van der Waals surface area contributed by atoms with Gasteiger partial charge in [0.2, 0.25) is 12.2 Å². The van der Waals surface area contributed by atoms with Crippen LogP contribution in [-0.4, -0.2) is 14.0 Å². The van der Waals surface area contributed by atoms with Gasteiger partial charge in [0.05, 0.1) is 5.56 Å². The van der Waals surface area contributed by atoms with Crippen LogP contribution in [0.2, 0.25) is 0 Å². The third-order valence-corrected chi connectivity index (χ3v) is 2.70. The molecule has 0 aromatic heterocycles. The highest BCUT2D eigenvalue weighted by Gasteiger charge is 2.20. The van der Waals surface area contributed by atoms with Crippen LogP contribution in [0.5, 0.6) is 11.5 Å². The highest BCUT2D eigenvalue weighted by Crippen LogP contribution is 2.38. The van der Waals surface area contributed by atoms with Gasteiger partial charge in [-0.3, -0.25) is 0 Å². The summed E-state index contributed by atoms with van der Waals surface area (Å²) in [7, 11) is -6.00. The van der Waals surface area contributed by atoms with E-state index in [1.54, 1.807) is 6.07 Å². The number of ether oxygens (including phenoxy) is 2. The van der Waals surface area contributed by atoms with Crippen molar-refractivity contribution < 1.29 is 26.7 Å². The van der Waals surface area contributed by atoms with Crippen LogP contribution in [0.3, 0.4) is 0 Å². The fourth-order valence-electron chi connectivity index (χ4n) is 1.87. The van der Waals surface area contributed by atoms with Crippen molar-refractivity contribution in [2.45, 2.75) is 0 Å². The second-order valence-electron chi connectivity index (χ2n) is 4.18. The van der Waals surface area contributed by atoms with E-state index in [2.05, 4.69) is 4.98 Å².